The molecule has 0 bridgehead atoms. The number of aromatic nitrogens is 1. The Morgan fingerprint density at radius 2 is 2.14 bits per heavy atom. The van der Waals surface area contributed by atoms with E-state index in [4.69, 9.17) is 0 Å². The van der Waals surface area contributed by atoms with Crippen molar-refractivity contribution in [1.29, 1.82) is 0 Å². The molecule has 0 aliphatic carbocycles. The molecule has 2 aromatic rings. The van der Waals surface area contributed by atoms with E-state index in [1.807, 2.05) is 16.8 Å². The summed E-state index contributed by atoms with van der Waals surface area (Å²) >= 11 is 0. The molecule has 1 aromatic carbocycles. The molecule has 0 saturated heterocycles. The Labute approximate surface area is 83.2 Å². The van der Waals surface area contributed by atoms with Gasteiger partial charge in [-0.2, -0.15) is 0 Å². The van der Waals surface area contributed by atoms with Gasteiger partial charge in [0.25, 0.3) is 0 Å². The molecule has 2 rings (SSSR count). The number of aryl methyl sites for hydroxylation is 1. The first kappa shape index (κ1) is 9.00. The van der Waals surface area contributed by atoms with E-state index < -0.39 is 0 Å². The average Bonchev–Trinajstić information content (AvgIpc) is 2.47. The standard InChI is InChI=1S/C12H13NO/c1-9-3-4-11-5-6-13(8-10(2)14)12(11)7-9/h3-7H,8H2,1-2H3. The maximum Gasteiger partial charge on any atom is 0.149 e. The van der Waals surface area contributed by atoms with Gasteiger partial charge < -0.3 is 4.57 Å². The molecule has 1 aromatic heterocycles. The number of Topliss-reactive ketones (excluding diaryl/α,β-unsaturated/α-hetero) is 1. The number of rotatable bonds is 2. The van der Waals surface area contributed by atoms with Crippen molar-refractivity contribution in [1.82, 2.24) is 4.57 Å². The van der Waals surface area contributed by atoms with Crippen LogP contribution in [-0.2, 0) is 11.3 Å². The van der Waals surface area contributed by atoms with Crippen LogP contribution in [0.15, 0.2) is 30.5 Å². The summed E-state index contributed by atoms with van der Waals surface area (Å²) in [6.45, 7) is 4.14. The first-order valence-corrected chi connectivity index (χ1v) is 4.72. The van der Waals surface area contributed by atoms with Gasteiger partial charge in [-0.1, -0.05) is 12.1 Å². The lowest BCUT2D eigenvalue weighted by Crippen LogP contribution is -2.04. The summed E-state index contributed by atoms with van der Waals surface area (Å²) in [5.74, 6) is 0.184. The molecule has 1 heterocycles. The first-order valence-electron chi connectivity index (χ1n) is 4.72. The van der Waals surface area contributed by atoms with E-state index in [1.54, 1.807) is 6.92 Å². The zero-order chi connectivity index (χ0) is 10.1. The summed E-state index contributed by atoms with van der Waals surface area (Å²) in [5, 5.41) is 1.19. The van der Waals surface area contributed by atoms with Gasteiger partial charge in [0.05, 0.1) is 6.54 Å². The highest BCUT2D eigenvalue weighted by atomic mass is 16.1. The van der Waals surface area contributed by atoms with Crippen molar-refractivity contribution in [2.45, 2.75) is 20.4 Å². The number of fused-ring (bicyclic) bond motifs is 1. The molecule has 0 aliphatic heterocycles. The van der Waals surface area contributed by atoms with E-state index in [1.165, 1.54) is 10.9 Å². The Morgan fingerprint density at radius 1 is 1.36 bits per heavy atom. The topological polar surface area (TPSA) is 22.0 Å². The monoisotopic (exact) mass is 187 g/mol. The van der Waals surface area contributed by atoms with E-state index in [-0.39, 0.29) is 5.78 Å². The van der Waals surface area contributed by atoms with E-state index >= 15 is 0 Å². The Bertz CT molecular complexity index is 482. The lowest BCUT2D eigenvalue weighted by Gasteiger charge is -2.02. The Kier molecular flexibility index (Phi) is 2.12. The summed E-state index contributed by atoms with van der Waals surface area (Å²) < 4.78 is 1.99. The molecule has 0 spiro atoms. The summed E-state index contributed by atoms with van der Waals surface area (Å²) in [7, 11) is 0. The molecule has 0 atom stereocenters. The van der Waals surface area contributed by atoms with E-state index in [9.17, 15) is 4.79 Å². The van der Waals surface area contributed by atoms with Crippen LogP contribution >= 0.6 is 0 Å². The van der Waals surface area contributed by atoms with Crippen molar-refractivity contribution in [3.8, 4) is 0 Å². The molecule has 0 saturated carbocycles. The van der Waals surface area contributed by atoms with Gasteiger partial charge >= 0.3 is 0 Å². The minimum atomic E-state index is 0.184. The number of hydrogen-bond acceptors (Lipinski definition) is 1. The molecule has 72 valence electrons. The molecule has 2 heteroatoms. The number of carbonyl (C=O) groups excluding carboxylic acids is 1. The fourth-order valence-corrected chi connectivity index (χ4v) is 1.67. The van der Waals surface area contributed by atoms with Gasteiger partial charge in [-0.3, -0.25) is 4.79 Å². The van der Waals surface area contributed by atoms with Crippen molar-refractivity contribution < 1.29 is 4.79 Å². The van der Waals surface area contributed by atoms with E-state index in [0.29, 0.717) is 6.54 Å². The lowest BCUT2D eigenvalue weighted by atomic mass is 10.2. The summed E-state index contributed by atoms with van der Waals surface area (Å²) in [6.07, 6.45) is 1.96. The maximum atomic E-state index is 11.0. The SMILES string of the molecule is CC(=O)Cn1ccc2ccc(C)cc21. The van der Waals surface area contributed by atoms with Gasteiger partial charge in [0.15, 0.2) is 0 Å². The minimum Gasteiger partial charge on any atom is -0.340 e. The predicted molar refractivity (Wildman–Crippen MR) is 57.4 cm³/mol. The Morgan fingerprint density at radius 3 is 2.86 bits per heavy atom. The molecule has 0 fully saturated rings. The second kappa shape index (κ2) is 3.29. The highest BCUT2D eigenvalue weighted by Gasteiger charge is 2.02. The predicted octanol–water partition coefficient (Wildman–Crippen LogP) is 2.54. The van der Waals surface area contributed by atoms with Crippen molar-refractivity contribution in [2.75, 3.05) is 0 Å². The molecule has 0 amide bonds. The van der Waals surface area contributed by atoms with Gasteiger partial charge in [-0.15, -0.1) is 0 Å². The number of benzene rings is 1. The minimum absolute atomic E-state index is 0.184. The largest absolute Gasteiger partial charge is 0.340 e. The molecular weight excluding hydrogens is 174 g/mol. The van der Waals surface area contributed by atoms with Gasteiger partial charge in [-0.05, 0) is 36.9 Å². The van der Waals surface area contributed by atoms with Crippen LogP contribution in [0.3, 0.4) is 0 Å². The first-order chi connectivity index (χ1) is 6.66. The van der Waals surface area contributed by atoms with Crippen LogP contribution in [0, 0.1) is 6.92 Å². The third-order valence-corrected chi connectivity index (χ3v) is 2.32. The quantitative estimate of drug-likeness (QED) is 0.708. The zero-order valence-corrected chi connectivity index (χ0v) is 8.45. The number of ketones is 1. The van der Waals surface area contributed by atoms with Crippen LogP contribution in [0.5, 0.6) is 0 Å². The summed E-state index contributed by atoms with van der Waals surface area (Å²) in [5.41, 5.74) is 2.36. The molecule has 2 nitrogen and oxygen atoms in total. The molecule has 0 N–H and O–H groups in total. The number of carbonyl (C=O) groups is 1. The highest BCUT2D eigenvalue weighted by molar-refractivity contribution is 5.83. The average molecular weight is 187 g/mol. The Hall–Kier alpha value is -1.57. The molecule has 14 heavy (non-hydrogen) atoms. The second-order valence-electron chi connectivity index (χ2n) is 3.71. The number of hydrogen-bond donors (Lipinski definition) is 0. The maximum absolute atomic E-state index is 11.0. The smallest absolute Gasteiger partial charge is 0.149 e. The normalized spacial score (nSPS) is 10.7. The molecular formula is C12H13NO. The van der Waals surface area contributed by atoms with Gasteiger partial charge in [0.1, 0.15) is 5.78 Å². The third-order valence-electron chi connectivity index (χ3n) is 2.32. The molecule has 0 radical (unpaired) electrons. The van der Waals surface area contributed by atoms with Crippen LogP contribution in [0.2, 0.25) is 0 Å². The van der Waals surface area contributed by atoms with E-state index in [2.05, 4.69) is 25.1 Å². The Balaban J connectivity index is 2.55. The molecule has 0 unspecified atom stereocenters. The lowest BCUT2D eigenvalue weighted by molar-refractivity contribution is -0.117. The van der Waals surface area contributed by atoms with Crippen molar-refractivity contribution in [2.24, 2.45) is 0 Å². The van der Waals surface area contributed by atoms with Crippen LogP contribution in [0.4, 0.5) is 0 Å². The second-order valence-corrected chi connectivity index (χ2v) is 3.71. The number of nitrogens with zero attached hydrogens (tertiary/aromatic N) is 1. The van der Waals surface area contributed by atoms with Crippen molar-refractivity contribution in [3.63, 3.8) is 0 Å². The zero-order valence-electron chi connectivity index (χ0n) is 8.45. The third kappa shape index (κ3) is 1.55. The van der Waals surface area contributed by atoms with Crippen LogP contribution in [0.1, 0.15) is 12.5 Å². The fraction of sp³-hybridized carbons (Fsp3) is 0.250. The summed E-state index contributed by atoms with van der Waals surface area (Å²) in [6, 6.07) is 8.32. The van der Waals surface area contributed by atoms with Crippen molar-refractivity contribution in [3.05, 3.63) is 36.0 Å². The summed E-state index contributed by atoms with van der Waals surface area (Å²) in [4.78, 5) is 11.0. The van der Waals surface area contributed by atoms with Crippen LogP contribution in [-0.4, -0.2) is 10.4 Å². The van der Waals surface area contributed by atoms with Crippen LogP contribution in [0.25, 0.3) is 10.9 Å². The highest BCUT2D eigenvalue weighted by Crippen LogP contribution is 2.17. The van der Waals surface area contributed by atoms with Crippen LogP contribution < -0.4 is 0 Å². The van der Waals surface area contributed by atoms with Gasteiger partial charge in [0.2, 0.25) is 0 Å². The fourth-order valence-electron chi connectivity index (χ4n) is 1.67. The van der Waals surface area contributed by atoms with Crippen molar-refractivity contribution >= 4 is 16.7 Å². The van der Waals surface area contributed by atoms with Gasteiger partial charge in [-0.25, -0.2) is 0 Å². The van der Waals surface area contributed by atoms with Gasteiger partial charge in [0, 0.05) is 11.7 Å². The molecule has 0 aliphatic rings. The van der Waals surface area contributed by atoms with E-state index in [0.717, 1.165) is 5.52 Å².